The summed E-state index contributed by atoms with van der Waals surface area (Å²) in [4.78, 5) is 12.1. The van der Waals surface area contributed by atoms with E-state index in [-0.39, 0.29) is 24.0 Å². The zero-order chi connectivity index (χ0) is 16.4. The first-order valence-corrected chi connectivity index (χ1v) is 9.22. The van der Waals surface area contributed by atoms with Crippen molar-refractivity contribution in [1.82, 2.24) is 5.32 Å². The average Bonchev–Trinajstić information content (AvgIpc) is 2.70. The number of benzene rings is 1. The van der Waals surface area contributed by atoms with Crippen LogP contribution < -0.4 is 5.32 Å². The Hall–Kier alpha value is -1.33. The van der Waals surface area contributed by atoms with Crippen molar-refractivity contribution in [1.29, 1.82) is 0 Å². The van der Waals surface area contributed by atoms with E-state index < -0.39 is 15.4 Å². The van der Waals surface area contributed by atoms with E-state index in [0.29, 0.717) is 11.4 Å². The van der Waals surface area contributed by atoms with Crippen LogP contribution in [-0.4, -0.2) is 25.6 Å². The molecule has 0 saturated heterocycles. The molecule has 120 valence electrons. The van der Waals surface area contributed by atoms with Gasteiger partial charge in [-0.25, -0.2) is 8.42 Å². The van der Waals surface area contributed by atoms with Gasteiger partial charge in [0.1, 0.15) is 0 Å². The van der Waals surface area contributed by atoms with Gasteiger partial charge in [-0.3, -0.25) is 4.79 Å². The summed E-state index contributed by atoms with van der Waals surface area (Å²) >= 11 is 6.15. The Morgan fingerprint density at radius 3 is 2.64 bits per heavy atom. The maximum atomic E-state index is 12.1. The third-order valence-corrected chi connectivity index (χ3v) is 5.35. The van der Waals surface area contributed by atoms with Gasteiger partial charge in [-0.05, 0) is 31.9 Å². The second kappa shape index (κ2) is 6.42. The lowest BCUT2D eigenvalue weighted by atomic mass is 9.94. The fourth-order valence-corrected chi connectivity index (χ4v) is 4.20. The van der Waals surface area contributed by atoms with Crippen LogP contribution in [0.5, 0.6) is 0 Å². The molecule has 22 heavy (non-hydrogen) atoms. The molecule has 0 aromatic heterocycles. The number of nitrogens with one attached hydrogen (secondary N) is 1. The van der Waals surface area contributed by atoms with Gasteiger partial charge in [0.2, 0.25) is 5.91 Å². The van der Waals surface area contributed by atoms with Gasteiger partial charge < -0.3 is 5.32 Å². The highest BCUT2D eigenvalue weighted by atomic mass is 35.5. The normalized spacial score (nSPS) is 20.0. The van der Waals surface area contributed by atoms with Crippen molar-refractivity contribution in [2.24, 2.45) is 5.92 Å². The molecule has 1 aliphatic rings. The van der Waals surface area contributed by atoms with Crippen molar-refractivity contribution in [3.8, 4) is 0 Å². The second-order valence-electron chi connectivity index (χ2n) is 6.32. The molecule has 0 bridgehead atoms. The lowest BCUT2D eigenvalue weighted by Gasteiger charge is -2.27. The molecule has 0 unspecified atom stereocenters. The van der Waals surface area contributed by atoms with Crippen LogP contribution in [0, 0.1) is 5.92 Å². The van der Waals surface area contributed by atoms with E-state index in [9.17, 15) is 13.2 Å². The molecular formula is C16H20ClNO3S. The van der Waals surface area contributed by atoms with E-state index in [4.69, 9.17) is 11.6 Å². The molecular weight excluding hydrogens is 322 g/mol. The molecule has 1 atom stereocenters. The van der Waals surface area contributed by atoms with Crippen LogP contribution in [0.1, 0.15) is 25.8 Å². The number of allylic oxidation sites excluding steroid dienone is 1. The van der Waals surface area contributed by atoms with E-state index >= 15 is 0 Å². The number of rotatable bonds is 5. The summed E-state index contributed by atoms with van der Waals surface area (Å²) in [6, 6.07) is 7.53. The lowest BCUT2D eigenvalue weighted by Crippen LogP contribution is -2.45. The highest BCUT2D eigenvalue weighted by Gasteiger charge is 2.27. The van der Waals surface area contributed by atoms with Crippen molar-refractivity contribution in [3.63, 3.8) is 0 Å². The fraction of sp³-hybridized carbons (Fsp3) is 0.438. The summed E-state index contributed by atoms with van der Waals surface area (Å²) in [5.74, 6) is -0.365. The third-order valence-electron chi connectivity index (χ3n) is 3.52. The molecule has 0 fully saturated rings. The number of carbonyl (C=O) groups is 1. The van der Waals surface area contributed by atoms with Crippen LogP contribution in [0.25, 0.3) is 0 Å². The SMILES string of the molecule is CC(C)(Cc1ccccc1Cl)NC(=O)C[C@@H]1C=CS(=O)(=O)C1. The minimum absolute atomic E-state index is 0.0192. The van der Waals surface area contributed by atoms with E-state index in [1.165, 1.54) is 5.41 Å². The Morgan fingerprint density at radius 1 is 1.36 bits per heavy atom. The lowest BCUT2D eigenvalue weighted by molar-refractivity contribution is -0.123. The van der Waals surface area contributed by atoms with Crippen molar-refractivity contribution < 1.29 is 13.2 Å². The van der Waals surface area contributed by atoms with Crippen LogP contribution in [0.4, 0.5) is 0 Å². The smallest absolute Gasteiger partial charge is 0.221 e. The molecule has 1 amide bonds. The standard InChI is InChI=1S/C16H20ClNO3S/c1-16(2,10-13-5-3-4-6-14(13)17)18-15(19)9-12-7-8-22(20,21)11-12/h3-8,12H,9-11H2,1-2H3,(H,18,19)/t12-/m0/s1. The molecule has 0 saturated carbocycles. The van der Waals surface area contributed by atoms with Gasteiger partial charge in [0.25, 0.3) is 0 Å². The topological polar surface area (TPSA) is 63.2 Å². The summed E-state index contributed by atoms with van der Waals surface area (Å²) in [7, 11) is -3.12. The number of sulfone groups is 1. The van der Waals surface area contributed by atoms with E-state index in [0.717, 1.165) is 5.56 Å². The van der Waals surface area contributed by atoms with Gasteiger partial charge in [-0.1, -0.05) is 35.9 Å². The maximum Gasteiger partial charge on any atom is 0.221 e. The second-order valence-corrected chi connectivity index (χ2v) is 8.66. The Kier molecular flexibility index (Phi) is 4.97. The maximum absolute atomic E-state index is 12.1. The number of hydrogen-bond acceptors (Lipinski definition) is 3. The Labute approximate surface area is 136 Å². The highest BCUT2D eigenvalue weighted by molar-refractivity contribution is 7.94. The van der Waals surface area contributed by atoms with Gasteiger partial charge in [0.15, 0.2) is 9.84 Å². The molecule has 1 aliphatic heterocycles. The number of halogens is 1. The summed E-state index contributed by atoms with van der Waals surface area (Å²) in [6.45, 7) is 3.85. The van der Waals surface area contributed by atoms with Crippen molar-refractivity contribution in [2.45, 2.75) is 32.2 Å². The molecule has 4 nitrogen and oxygen atoms in total. The Morgan fingerprint density at radius 2 is 2.05 bits per heavy atom. The van der Waals surface area contributed by atoms with Crippen LogP contribution in [-0.2, 0) is 21.1 Å². The molecule has 1 aromatic carbocycles. The number of carbonyl (C=O) groups excluding carboxylic acids is 1. The summed E-state index contributed by atoms with van der Waals surface area (Å²) in [5, 5.41) is 4.83. The van der Waals surface area contributed by atoms with Crippen LogP contribution in [0.15, 0.2) is 35.7 Å². The summed E-state index contributed by atoms with van der Waals surface area (Å²) in [6.07, 6.45) is 2.38. The van der Waals surface area contributed by atoms with Crippen LogP contribution >= 0.6 is 11.6 Å². The first-order chi connectivity index (χ1) is 10.2. The van der Waals surface area contributed by atoms with Crippen molar-refractivity contribution >= 4 is 27.3 Å². The Balaban J connectivity index is 1.93. The zero-order valence-electron chi connectivity index (χ0n) is 12.7. The van der Waals surface area contributed by atoms with Gasteiger partial charge in [-0.2, -0.15) is 0 Å². The minimum atomic E-state index is -3.12. The predicted octanol–water partition coefficient (Wildman–Crippen LogP) is 2.73. The fourth-order valence-electron chi connectivity index (χ4n) is 2.60. The quantitative estimate of drug-likeness (QED) is 0.895. The highest BCUT2D eigenvalue weighted by Crippen LogP contribution is 2.22. The summed E-state index contributed by atoms with van der Waals surface area (Å²) in [5.41, 5.74) is 0.515. The molecule has 0 radical (unpaired) electrons. The van der Waals surface area contributed by atoms with Gasteiger partial charge in [0.05, 0.1) is 5.75 Å². The zero-order valence-corrected chi connectivity index (χ0v) is 14.2. The van der Waals surface area contributed by atoms with Crippen LogP contribution in [0.3, 0.4) is 0 Å². The first kappa shape index (κ1) is 17.0. The molecule has 1 heterocycles. The monoisotopic (exact) mass is 341 g/mol. The molecule has 0 spiro atoms. The number of amides is 1. The predicted molar refractivity (Wildman–Crippen MR) is 88.4 cm³/mol. The van der Waals surface area contributed by atoms with Gasteiger partial charge >= 0.3 is 0 Å². The van der Waals surface area contributed by atoms with Crippen LogP contribution in [0.2, 0.25) is 5.02 Å². The molecule has 0 aliphatic carbocycles. The molecule has 1 aromatic rings. The molecule has 2 rings (SSSR count). The Bertz CT molecular complexity index is 695. The number of hydrogen-bond donors (Lipinski definition) is 1. The van der Waals surface area contributed by atoms with Crippen molar-refractivity contribution in [2.75, 3.05) is 5.75 Å². The average molecular weight is 342 g/mol. The largest absolute Gasteiger partial charge is 0.351 e. The van der Waals surface area contributed by atoms with Crippen molar-refractivity contribution in [3.05, 3.63) is 46.3 Å². The van der Waals surface area contributed by atoms with E-state index in [1.807, 2.05) is 38.1 Å². The van der Waals surface area contributed by atoms with E-state index in [1.54, 1.807) is 6.08 Å². The van der Waals surface area contributed by atoms with E-state index in [2.05, 4.69) is 5.32 Å². The summed E-state index contributed by atoms with van der Waals surface area (Å²) < 4.78 is 22.7. The molecule has 1 N–H and O–H groups in total. The van der Waals surface area contributed by atoms with Gasteiger partial charge in [-0.15, -0.1) is 0 Å². The minimum Gasteiger partial charge on any atom is -0.351 e. The third kappa shape index (κ3) is 4.85. The first-order valence-electron chi connectivity index (χ1n) is 7.12. The van der Waals surface area contributed by atoms with Gasteiger partial charge in [0, 0.05) is 28.3 Å². The molecule has 6 heteroatoms.